The maximum atomic E-state index is 13.9. The molecule has 0 aliphatic rings. The van der Waals surface area contributed by atoms with Gasteiger partial charge < -0.3 is 20.3 Å². The largest absolute Gasteiger partial charge is 0.444 e. The highest BCUT2D eigenvalue weighted by Gasteiger charge is 2.38. The number of rotatable bonds is 9. The number of aryl methyl sites for hydroxylation is 2. The molecule has 0 heterocycles. The normalized spacial score (nSPS) is 12.7. The molecule has 2 aromatic rings. The van der Waals surface area contributed by atoms with Crippen LogP contribution in [-0.2, 0) is 20.9 Å². The minimum atomic E-state index is -1.07. The van der Waals surface area contributed by atoms with Crippen molar-refractivity contribution in [3.63, 3.8) is 0 Å². The van der Waals surface area contributed by atoms with Gasteiger partial charge in [-0.1, -0.05) is 67.9 Å². The Morgan fingerprint density at radius 1 is 1.05 bits per heavy atom. The molecule has 0 saturated heterocycles. The zero-order valence-electron chi connectivity index (χ0n) is 22.8. The number of hydrogen-bond donors (Lipinski definition) is 2. The summed E-state index contributed by atoms with van der Waals surface area (Å²) < 4.78 is 5.36. The molecule has 2 aromatic carbocycles. The predicted octanol–water partition coefficient (Wildman–Crippen LogP) is 4.56. The Labute approximate surface area is 220 Å². The van der Waals surface area contributed by atoms with Crippen LogP contribution in [0.4, 0.5) is 4.79 Å². The monoisotopic (exact) mass is 506 g/mol. The van der Waals surface area contributed by atoms with E-state index in [1.54, 1.807) is 34.6 Å². The third-order valence-electron chi connectivity index (χ3n) is 5.73. The third kappa shape index (κ3) is 8.64. The average molecular weight is 507 g/mol. The van der Waals surface area contributed by atoms with Crippen LogP contribution < -0.4 is 10.6 Å². The van der Waals surface area contributed by atoms with Crippen molar-refractivity contribution in [3.8, 4) is 6.07 Å². The standard InChI is InChI=1S/C29H38N4O4/c1-19(2)24(32-28(36)37-29(5,6)7)27(35)33(16-15-30)25(23-17-20(3)13-14-21(23)4)26(34)31-18-22-11-9-8-10-12-22/h8-14,17,19,24-25H,16,18H2,1-7H3,(H,31,34)(H,32,36). The second kappa shape index (κ2) is 12.9. The molecule has 198 valence electrons. The van der Waals surface area contributed by atoms with Crippen molar-refractivity contribution in [2.24, 2.45) is 5.92 Å². The molecule has 37 heavy (non-hydrogen) atoms. The number of nitrogens with one attached hydrogen (secondary N) is 2. The van der Waals surface area contributed by atoms with Gasteiger partial charge in [-0.2, -0.15) is 5.26 Å². The second-order valence-corrected chi connectivity index (χ2v) is 10.5. The Balaban J connectivity index is 2.48. The lowest BCUT2D eigenvalue weighted by Gasteiger charge is -2.34. The van der Waals surface area contributed by atoms with Crippen molar-refractivity contribution in [2.75, 3.05) is 6.54 Å². The van der Waals surface area contributed by atoms with Gasteiger partial charge in [0.05, 0.1) is 6.07 Å². The van der Waals surface area contributed by atoms with Crippen LogP contribution in [0, 0.1) is 31.1 Å². The molecule has 0 radical (unpaired) electrons. The van der Waals surface area contributed by atoms with Gasteiger partial charge in [0, 0.05) is 6.54 Å². The van der Waals surface area contributed by atoms with E-state index in [-0.39, 0.29) is 19.0 Å². The smallest absolute Gasteiger partial charge is 0.408 e. The molecule has 2 atom stereocenters. The first-order chi connectivity index (χ1) is 17.3. The van der Waals surface area contributed by atoms with Gasteiger partial charge in [0.2, 0.25) is 11.8 Å². The van der Waals surface area contributed by atoms with Crippen LogP contribution in [0.3, 0.4) is 0 Å². The molecule has 0 aromatic heterocycles. The van der Waals surface area contributed by atoms with Gasteiger partial charge in [-0.3, -0.25) is 9.59 Å². The highest BCUT2D eigenvalue weighted by Crippen LogP contribution is 2.27. The number of nitriles is 1. The predicted molar refractivity (Wildman–Crippen MR) is 142 cm³/mol. The SMILES string of the molecule is Cc1ccc(C)c(C(C(=O)NCc2ccccc2)N(CC#N)C(=O)C(NC(=O)OC(C)(C)C)C(C)C)c1. The molecule has 2 rings (SSSR count). The summed E-state index contributed by atoms with van der Waals surface area (Å²) in [5, 5.41) is 15.2. The number of carbonyl (C=O) groups excluding carboxylic acids is 3. The second-order valence-electron chi connectivity index (χ2n) is 10.5. The summed E-state index contributed by atoms with van der Waals surface area (Å²) in [6.45, 7) is 12.4. The number of nitrogens with zero attached hydrogens (tertiary/aromatic N) is 2. The summed E-state index contributed by atoms with van der Waals surface area (Å²) >= 11 is 0. The Kier molecular flexibility index (Phi) is 10.2. The quantitative estimate of drug-likeness (QED) is 0.484. The zero-order valence-corrected chi connectivity index (χ0v) is 22.8. The molecule has 3 amide bonds. The Morgan fingerprint density at radius 2 is 1.70 bits per heavy atom. The maximum Gasteiger partial charge on any atom is 0.408 e. The van der Waals surface area contributed by atoms with Gasteiger partial charge in [0.25, 0.3) is 0 Å². The molecule has 0 bridgehead atoms. The van der Waals surface area contributed by atoms with Gasteiger partial charge in [0.1, 0.15) is 24.2 Å². The van der Waals surface area contributed by atoms with E-state index in [1.807, 2.05) is 68.4 Å². The van der Waals surface area contributed by atoms with E-state index in [2.05, 4.69) is 10.6 Å². The Morgan fingerprint density at radius 3 is 2.27 bits per heavy atom. The van der Waals surface area contributed by atoms with Crippen molar-refractivity contribution >= 4 is 17.9 Å². The molecule has 0 aliphatic carbocycles. The van der Waals surface area contributed by atoms with E-state index in [0.29, 0.717) is 5.56 Å². The van der Waals surface area contributed by atoms with Crippen molar-refractivity contribution in [1.29, 1.82) is 5.26 Å². The summed E-state index contributed by atoms with van der Waals surface area (Å²) in [7, 11) is 0. The van der Waals surface area contributed by atoms with Gasteiger partial charge >= 0.3 is 6.09 Å². The Hall–Kier alpha value is -3.86. The summed E-state index contributed by atoms with van der Waals surface area (Å²) in [5.41, 5.74) is 2.49. The number of benzene rings is 2. The molecule has 0 aliphatic heterocycles. The van der Waals surface area contributed by atoms with Crippen LogP contribution in [0.15, 0.2) is 48.5 Å². The highest BCUT2D eigenvalue weighted by molar-refractivity contribution is 5.92. The average Bonchev–Trinajstić information content (AvgIpc) is 2.82. The molecule has 8 nitrogen and oxygen atoms in total. The number of carbonyl (C=O) groups is 3. The van der Waals surface area contributed by atoms with Gasteiger partial charge in [-0.25, -0.2) is 4.79 Å². The van der Waals surface area contributed by atoms with E-state index in [4.69, 9.17) is 4.74 Å². The lowest BCUT2D eigenvalue weighted by Crippen LogP contribution is -2.55. The lowest BCUT2D eigenvalue weighted by atomic mass is 9.95. The van der Waals surface area contributed by atoms with Crippen molar-refractivity contribution in [2.45, 2.75) is 72.7 Å². The summed E-state index contributed by atoms with van der Waals surface area (Å²) in [6.07, 6.45) is -0.742. The number of alkyl carbamates (subject to hydrolysis) is 1. The van der Waals surface area contributed by atoms with Crippen molar-refractivity contribution in [1.82, 2.24) is 15.5 Å². The van der Waals surface area contributed by atoms with Crippen LogP contribution >= 0.6 is 0 Å². The van der Waals surface area contributed by atoms with Crippen LogP contribution in [0.1, 0.15) is 62.9 Å². The summed E-state index contributed by atoms with van der Waals surface area (Å²) in [5.74, 6) is -1.28. The first-order valence-electron chi connectivity index (χ1n) is 12.4. The topological polar surface area (TPSA) is 112 Å². The van der Waals surface area contributed by atoms with Crippen LogP contribution in [0.5, 0.6) is 0 Å². The number of amides is 3. The van der Waals surface area contributed by atoms with Crippen LogP contribution in [0.25, 0.3) is 0 Å². The highest BCUT2D eigenvalue weighted by atomic mass is 16.6. The molecule has 0 spiro atoms. The molecule has 0 fully saturated rings. The van der Waals surface area contributed by atoms with E-state index in [9.17, 15) is 19.6 Å². The van der Waals surface area contributed by atoms with Gasteiger partial charge in [-0.15, -0.1) is 0 Å². The van der Waals surface area contributed by atoms with Crippen LogP contribution in [0.2, 0.25) is 0 Å². The number of hydrogen-bond acceptors (Lipinski definition) is 5. The lowest BCUT2D eigenvalue weighted by molar-refractivity contribution is -0.142. The fourth-order valence-corrected chi connectivity index (χ4v) is 3.89. The number of ether oxygens (including phenoxy) is 1. The van der Waals surface area contributed by atoms with E-state index < -0.39 is 35.6 Å². The minimum Gasteiger partial charge on any atom is -0.444 e. The molecular formula is C29H38N4O4. The maximum absolute atomic E-state index is 13.9. The summed E-state index contributed by atoms with van der Waals surface area (Å²) in [4.78, 5) is 41.3. The zero-order chi connectivity index (χ0) is 27.8. The first kappa shape index (κ1) is 29.4. The third-order valence-corrected chi connectivity index (χ3v) is 5.73. The summed E-state index contributed by atoms with van der Waals surface area (Å²) in [6, 6.07) is 15.1. The molecule has 8 heteroatoms. The van der Waals surface area contributed by atoms with Gasteiger partial charge in [-0.05, 0) is 57.2 Å². The minimum absolute atomic E-state index is 0.263. The fourth-order valence-electron chi connectivity index (χ4n) is 3.89. The Bertz CT molecular complexity index is 1130. The van der Waals surface area contributed by atoms with Crippen molar-refractivity contribution < 1.29 is 19.1 Å². The molecular weight excluding hydrogens is 468 g/mol. The first-order valence-corrected chi connectivity index (χ1v) is 12.4. The van der Waals surface area contributed by atoms with E-state index >= 15 is 0 Å². The van der Waals surface area contributed by atoms with E-state index in [0.717, 1.165) is 16.7 Å². The van der Waals surface area contributed by atoms with Crippen LogP contribution in [-0.4, -0.2) is 41.0 Å². The fraction of sp³-hybridized carbons (Fsp3) is 0.448. The van der Waals surface area contributed by atoms with Crippen molar-refractivity contribution in [3.05, 3.63) is 70.8 Å². The molecule has 0 saturated carbocycles. The van der Waals surface area contributed by atoms with E-state index in [1.165, 1.54) is 4.90 Å². The van der Waals surface area contributed by atoms with Gasteiger partial charge in [0.15, 0.2) is 0 Å². The molecule has 2 N–H and O–H groups in total. The molecule has 2 unspecified atom stereocenters.